The van der Waals surface area contributed by atoms with Crippen LogP contribution in [0.25, 0.3) is 0 Å². The second kappa shape index (κ2) is 15.8. The predicted octanol–water partition coefficient (Wildman–Crippen LogP) is 4.12. The van der Waals surface area contributed by atoms with E-state index in [0.29, 0.717) is 18.7 Å². The van der Waals surface area contributed by atoms with Gasteiger partial charge in [0.1, 0.15) is 6.04 Å². The molecule has 0 fully saturated rings. The van der Waals surface area contributed by atoms with Crippen LogP contribution in [0.4, 0.5) is 0 Å². The lowest BCUT2D eigenvalue weighted by Gasteiger charge is -2.19. The van der Waals surface area contributed by atoms with Crippen molar-refractivity contribution in [2.45, 2.75) is 103 Å². The summed E-state index contributed by atoms with van der Waals surface area (Å²) in [6, 6.07) is 4.07. The zero-order chi connectivity index (χ0) is 24.7. The zero-order valence-electron chi connectivity index (χ0n) is 20.8. The molecule has 0 saturated heterocycles. The molecule has 0 aromatic heterocycles. The first kappa shape index (κ1) is 29.1. The van der Waals surface area contributed by atoms with E-state index < -0.39 is 22.0 Å². The lowest BCUT2D eigenvalue weighted by atomic mass is 10.1. The Morgan fingerprint density at radius 3 is 2.06 bits per heavy atom. The van der Waals surface area contributed by atoms with E-state index in [1.54, 1.807) is 25.1 Å². The van der Waals surface area contributed by atoms with Gasteiger partial charge < -0.3 is 10.6 Å². The van der Waals surface area contributed by atoms with E-state index in [-0.39, 0.29) is 23.6 Å². The summed E-state index contributed by atoms with van der Waals surface area (Å²) < 4.78 is 28.6. The molecule has 3 N–H and O–H groups in total. The van der Waals surface area contributed by atoms with Crippen LogP contribution in [0, 0.1) is 13.8 Å². The third kappa shape index (κ3) is 11.7. The molecule has 0 aliphatic rings. The fourth-order valence-corrected chi connectivity index (χ4v) is 5.08. The van der Waals surface area contributed by atoms with Gasteiger partial charge in [-0.25, -0.2) is 8.42 Å². The SMILES string of the molecule is CCCCCCNC(=O)CC[C@H](NS(=O)(=O)c1ccc(C)cc1C)C(=O)NCCCCCC. The number of amides is 2. The van der Waals surface area contributed by atoms with Gasteiger partial charge in [-0.05, 0) is 44.7 Å². The average molecular weight is 482 g/mol. The van der Waals surface area contributed by atoms with Gasteiger partial charge in [0.05, 0.1) is 4.90 Å². The summed E-state index contributed by atoms with van der Waals surface area (Å²) in [5.41, 5.74) is 1.58. The van der Waals surface area contributed by atoms with Crippen LogP contribution < -0.4 is 15.4 Å². The lowest BCUT2D eigenvalue weighted by Crippen LogP contribution is -2.47. The fraction of sp³-hybridized carbons (Fsp3) is 0.680. The fourth-order valence-electron chi connectivity index (χ4n) is 3.63. The van der Waals surface area contributed by atoms with Crippen molar-refractivity contribution in [3.8, 4) is 0 Å². The highest BCUT2D eigenvalue weighted by molar-refractivity contribution is 7.89. The van der Waals surface area contributed by atoms with Crippen LogP contribution in [0.2, 0.25) is 0 Å². The summed E-state index contributed by atoms with van der Waals surface area (Å²) >= 11 is 0. The highest BCUT2D eigenvalue weighted by Crippen LogP contribution is 2.17. The van der Waals surface area contributed by atoms with E-state index in [4.69, 9.17) is 0 Å². The maximum absolute atomic E-state index is 13.0. The summed E-state index contributed by atoms with van der Waals surface area (Å²) in [5.74, 6) is -0.562. The van der Waals surface area contributed by atoms with Crippen LogP contribution in [0.3, 0.4) is 0 Å². The Balaban J connectivity index is 2.78. The number of unbranched alkanes of at least 4 members (excludes halogenated alkanes) is 6. The molecule has 1 aromatic rings. The van der Waals surface area contributed by atoms with Gasteiger partial charge in [0.2, 0.25) is 21.8 Å². The van der Waals surface area contributed by atoms with Gasteiger partial charge >= 0.3 is 0 Å². The third-order valence-electron chi connectivity index (χ3n) is 5.58. The van der Waals surface area contributed by atoms with Crippen LogP contribution in [0.15, 0.2) is 23.1 Å². The average Bonchev–Trinajstić information content (AvgIpc) is 2.75. The molecule has 0 unspecified atom stereocenters. The van der Waals surface area contributed by atoms with Crippen molar-refractivity contribution >= 4 is 21.8 Å². The molecule has 8 heteroatoms. The smallest absolute Gasteiger partial charge is 0.241 e. The monoisotopic (exact) mass is 481 g/mol. The van der Waals surface area contributed by atoms with Gasteiger partial charge in [-0.2, -0.15) is 4.72 Å². The number of benzene rings is 1. The number of carbonyl (C=O) groups excluding carboxylic acids is 2. The highest BCUT2D eigenvalue weighted by Gasteiger charge is 2.27. The minimum atomic E-state index is -3.91. The molecule has 0 aliphatic carbocycles. The van der Waals surface area contributed by atoms with Crippen LogP contribution in [0.1, 0.15) is 89.2 Å². The van der Waals surface area contributed by atoms with E-state index in [2.05, 4.69) is 29.2 Å². The van der Waals surface area contributed by atoms with E-state index in [0.717, 1.165) is 56.9 Å². The van der Waals surface area contributed by atoms with Crippen molar-refractivity contribution in [1.82, 2.24) is 15.4 Å². The first-order chi connectivity index (χ1) is 15.7. The Kier molecular flexibility index (Phi) is 14.0. The molecule has 1 atom stereocenters. The molecule has 1 rings (SSSR count). The van der Waals surface area contributed by atoms with Gasteiger partial charge in [0.15, 0.2) is 0 Å². The molecule has 0 spiro atoms. The summed E-state index contributed by atoms with van der Waals surface area (Å²) in [4.78, 5) is 25.2. The van der Waals surface area contributed by atoms with Crippen molar-refractivity contribution in [1.29, 1.82) is 0 Å². The largest absolute Gasteiger partial charge is 0.356 e. The number of rotatable bonds is 17. The van der Waals surface area contributed by atoms with E-state index >= 15 is 0 Å². The Bertz CT molecular complexity index is 840. The summed E-state index contributed by atoms with van der Waals surface area (Å²) in [6.45, 7) is 8.96. The second-order valence-electron chi connectivity index (χ2n) is 8.74. The first-order valence-corrected chi connectivity index (χ1v) is 13.8. The molecule has 0 aliphatic heterocycles. The standard InChI is InChI=1S/C25H43N3O4S/c1-5-7-9-11-17-26-24(29)16-14-22(25(30)27-18-12-10-8-6-2)28-33(31,32)23-15-13-20(3)19-21(23)4/h13,15,19,22,28H,5-12,14,16-18H2,1-4H3,(H,26,29)(H,27,30)/t22-/m0/s1. The minimum absolute atomic E-state index is 0.0805. The molecule has 0 radical (unpaired) electrons. The van der Waals surface area contributed by atoms with E-state index in [1.807, 2.05) is 6.92 Å². The van der Waals surface area contributed by atoms with Crippen LogP contribution in [-0.4, -0.2) is 39.4 Å². The highest BCUT2D eigenvalue weighted by atomic mass is 32.2. The molecule has 0 saturated carbocycles. The second-order valence-corrected chi connectivity index (χ2v) is 10.4. The molecule has 7 nitrogen and oxygen atoms in total. The topological polar surface area (TPSA) is 104 Å². The number of hydrogen-bond donors (Lipinski definition) is 3. The van der Waals surface area contributed by atoms with Gasteiger partial charge in [0, 0.05) is 19.5 Å². The number of aryl methyl sites for hydroxylation is 2. The van der Waals surface area contributed by atoms with Gasteiger partial charge in [-0.3, -0.25) is 9.59 Å². The molecule has 1 aromatic carbocycles. The molecule has 2 amide bonds. The minimum Gasteiger partial charge on any atom is -0.356 e. The Hall–Kier alpha value is -1.93. The Labute approximate surface area is 200 Å². The van der Waals surface area contributed by atoms with Gasteiger partial charge in [-0.15, -0.1) is 0 Å². The Morgan fingerprint density at radius 2 is 1.48 bits per heavy atom. The number of sulfonamides is 1. The molecule has 0 heterocycles. The zero-order valence-corrected chi connectivity index (χ0v) is 21.7. The van der Waals surface area contributed by atoms with Crippen molar-refractivity contribution in [2.75, 3.05) is 13.1 Å². The molecule has 33 heavy (non-hydrogen) atoms. The number of hydrogen-bond acceptors (Lipinski definition) is 4. The third-order valence-corrected chi connectivity index (χ3v) is 7.21. The number of carbonyl (C=O) groups is 2. The number of nitrogens with one attached hydrogen (secondary N) is 3. The van der Waals surface area contributed by atoms with Crippen LogP contribution in [0.5, 0.6) is 0 Å². The lowest BCUT2D eigenvalue weighted by molar-refractivity contribution is -0.123. The molecule has 0 bridgehead atoms. The summed E-state index contributed by atoms with van der Waals surface area (Å²) in [5, 5.41) is 5.70. The summed E-state index contributed by atoms with van der Waals surface area (Å²) in [6.07, 6.45) is 8.47. The summed E-state index contributed by atoms with van der Waals surface area (Å²) in [7, 11) is -3.91. The quantitative estimate of drug-likeness (QED) is 0.291. The van der Waals surface area contributed by atoms with Crippen LogP contribution >= 0.6 is 0 Å². The van der Waals surface area contributed by atoms with E-state index in [9.17, 15) is 18.0 Å². The van der Waals surface area contributed by atoms with Gasteiger partial charge in [-0.1, -0.05) is 70.1 Å². The van der Waals surface area contributed by atoms with Gasteiger partial charge in [0.25, 0.3) is 0 Å². The predicted molar refractivity (Wildman–Crippen MR) is 134 cm³/mol. The van der Waals surface area contributed by atoms with Crippen molar-refractivity contribution < 1.29 is 18.0 Å². The molecule has 188 valence electrons. The van der Waals surface area contributed by atoms with Crippen LogP contribution in [-0.2, 0) is 19.6 Å². The normalized spacial score (nSPS) is 12.4. The molecular formula is C25H43N3O4S. The van der Waals surface area contributed by atoms with Crippen molar-refractivity contribution in [3.05, 3.63) is 29.3 Å². The van der Waals surface area contributed by atoms with Crippen molar-refractivity contribution in [2.24, 2.45) is 0 Å². The maximum atomic E-state index is 13.0. The van der Waals surface area contributed by atoms with E-state index in [1.165, 1.54) is 0 Å². The first-order valence-electron chi connectivity index (χ1n) is 12.3. The van der Waals surface area contributed by atoms with Crippen molar-refractivity contribution in [3.63, 3.8) is 0 Å². The molecular weight excluding hydrogens is 438 g/mol. The Morgan fingerprint density at radius 1 is 0.879 bits per heavy atom. The maximum Gasteiger partial charge on any atom is 0.241 e.